The molecular formula is C4H10N2O2Pt. The summed E-state index contributed by atoms with van der Waals surface area (Å²) in [7, 11) is 0. The Hall–Kier alpha value is 0.528. The topological polar surface area (TPSA) is 69.7 Å². The number of hydrogen-bond acceptors (Lipinski definition) is 4. The average Bonchev–Trinajstić information content (AvgIpc) is 1.98. The molecular weight excluding hydrogens is 303 g/mol. The fraction of sp³-hybridized carbons (Fsp3) is 1.00. The molecule has 5 heteroatoms. The van der Waals surface area contributed by atoms with Gasteiger partial charge in [-0.05, 0) is 6.42 Å². The van der Waals surface area contributed by atoms with Crippen LogP contribution in [0.2, 0.25) is 0 Å². The van der Waals surface area contributed by atoms with Gasteiger partial charge in [-0.3, -0.25) is 0 Å². The van der Waals surface area contributed by atoms with Gasteiger partial charge in [-0.15, -0.1) is 0 Å². The van der Waals surface area contributed by atoms with Gasteiger partial charge in [-0.2, -0.15) is 5.06 Å². The Morgan fingerprint density at radius 1 is 1.56 bits per heavy atom. The van der Waals surface area contributed by atoms with Gasteiger partial charge in [0, 0.05) is 33.7 Å². The van der Waals surface area contributed by atoms with Crippen LogP contribution in [0.25, 0.3) is 0 Å². The Labute approximate surface area is 67.9 Å². The Morgan fingerprint density at radius 3 is 2.22 bits per heavy atom. The van der Waals surface area contributed by atoms with E-state index < -0.39 is 6.23 Å². The number of hydroxylamine groups is 2. The summed E-state index contributed by atoms with van der Waals surface area (Å²) in [5, 5.41) is 18.3. The van der Waals surface area contributed by atoms with Crippen molar-refractivity contribution in [1.82, 2.24) is 5.06 Å². The van der Waals surface area contributed by atoms with E-state index in [1.807, 2.05) is 0 Å². The molecule has 9 heavy (non-hydrogen) atoms. The van der Waals surface area contributed by atoms with Crippen LogP contribution in [0.15, 0.2) is 0 Å². The zero-order chi connectivity index (χ0) is 6.15. The molecule has 0 unspecified atom stereocenters. The number of nitrogens with zero attached hydrogens (tertiary/aromatic N) is 1. The maximum atomic E-state index is 8.82. The summed E-state index contributed by atoms with van der Waals surface area (Å²) in [5.41, 5.74) is 5.32. The van der Waals surface area contributed by atoms with Crippen molar-refractivity contribution in [3.05, 3.63) is 0 Å². The van der Waals surface area contributed by atoms with Gasteiger partial charge in [0.1, 0.15) is 6.23 Å². The van der Waals surface area contributed by atoms with E-state index in [2.05, 4.69) is 0 Å². The van der Waals surface area contributed by atoms with Crippen LogP contribution in [0.4, 0.5) is 0 Å². The third-order valence-electron chi connectivity index (χ3n) is 1.38. The van der Waals surface area contributed by atoms with Crippen LogP contribution in [0.5, 0.6) is 0 Å². The molecule has 0 radical (unpaired) electrons. The third-order valence-corrected chi connectivity index (χ3v) is 1.38. The van der Waals surface area contributed by atoms with Gasteiger partial charge in [0.25, 0.3) is 0 Å². The number of aliphatic hydroxyl groups excluding tert-OH is 1. The summed E-state index contributed by atoms with van der Waals surface area (Å²) >= 11 is 0. The van der Waals surface area contributed by atoms with Crippen molar-refractivity contribution in [3.8, 4) is 0 Å². The molecule has 0 aromatic heterocycles. The van der Waals surface area contributed by atoms with Crippen molar-refractivity contribution in [1.29, 1.82) is 0 Å². The number of hydrogen-bond donors (Lipinski definition) is 3. The summed E-state index contributed by atoms with van der Waals surface area (Å²) in [6, 6.07) is -0.278. The van der Waals surface area contributed by atoms with E-state index in [0.29, 0.717) is 13.0 Å². The second kappa shape index (κ2) is 3.64. The molecule has 0 aromatic rings. The van der Waals surface area contributed by atoms with Gasteiger partial charge >= 0.3 is 0 Å². The minimum Gasteiger partial charge on any atom is -0.375 e. The molecule has 2 atom stereocenters. The summed E-state index contributed by atoms with van der Waals surface area (Å²) in [6.07, 6.45) is -0.188. The van der Waals surface area contributed by atoms with Crippen molar-refractivity contribution in [2.45, 2.75) is 18.7 Å². The van der Waals surface area contributed by atoms with Crippen molar-refractivity contribution in [2.24, 2.45) is 5.73 Å². The van der Waals surface area contributed by atoms with Crippen LogP contribution in [0.1, 0.15) is 6.42 Å². The molecule has 1 aliphatic rings. The van der Waals surface area contributed by atoms with Gasteiger partial charge in [-0.25, -0.2) is 0 Å². The SMILES string of the molecule is N[C@@H]1CCN(O)[C@@H]1O.[Pt]. The molecule has 4 N–H and O–H groups in total. The number of nitrogens with two attached hydrogens (primary N) is 1. The molecule has 0 spiro atoms. The molecule has 4 nitrogen and oxygen atoms in total. The molecule has 0 bridgehead atoms. The molecule has 1 saturated heterocycles. The minimum atomic E-state index is -0.852. The van der Waals surface area contributed by atoms with Gasteiger partial charge in [0.15, 0.2) is 0 Å². The first-order valence-electron chi connectivity index (χ1n) is 2.61. The zero-order valence-electron chi connectivity index (χ0n) is 4.80. The van der Waals surface area contributed by atoms with Crippen molar-refractivity contribution in [2.75, 3.05) is 6.54 Å². The zero-order valence-corrected chi connectivity index (χ0v) is 7.08. The molecule has 1 aliphatic heterocycles. The maximum absolute atomic E-state index is 8.82. The predicted octanol–water partition coefficient (Wildman–Crippen LogP) is -1.28. The second-order valence-electron chi connectivity index (χ2n) is 2.03. The quantitative estimate of drug-likeness (QED) is 0.521. The average molecular weight is 313 g/mol. The van der Waals surface area contributed by atoms with Crippen LogP contribution in [-0.4, -0.2) is 34.2 Å². The Morgan fingerprint density at radius 2 is 2.11 bits per heavy atom. The first kappa shape index (κ1) is 9.53. The monoisotopic (exact) mass is 313 g/mol. The van der Waals surface area contributed by atoms with Crippen LogP contribution >= 0.6 is 0 Å². The maximum Gasteiger partial charge on any atom is 0.144 e. The summed E-state index contributed by atoms with van der Waals surface area (Å²) in [4.78, 5) is 0. The standard InChI is InChI=1S/C4H10N2O2.Pt/c5-3-1-2-6(8)4(3)7;/h3-4,7-8H,1-2,5H2;/t3-,4-;/m1./s1. The van der Waals surface area contributed by atoms with E-state index in [9.17, 15) is 0 Å². The molecule has 1 heterocycles. The molecule has 1 fully saturated rings. The molecule has 0 saturated carbocycles. The van der Waals surface area contributed by atoms with Crippen LogP contribution < -0.4 is 5.73 Å². The van der Waals surface area contributed by atoms with Crippen LogP contribution in [0.3, 0.4) is 0 Å². The number of rotatable bonds is 0. The Balaban J connectivity index is 0.000000640. The normalized spacial score (nSPS) is 36.3. The largest absolute Gasteiger partial charge is 0.375 e. The fourth-order valence-corrected chi connectivity index (χ4v) is 0.784. The molecule has 58 valence electrons. The van der Waals surface area contributed by atoms with Gasteiger partial charge in [0.05, 0.1) is 0 Å². The van der Waals surface area contributed by atoms with Gasteiger partial charge in [0.2, 0.25) is 0 Å². The Kier molecular flexibility index (Phi) is 3.85. The van der Waals surface area contributed by atoms with Crippen molar-refractivity contribution < 1.29 is 31.4 Å². The van der Waals surface area contributed by atoms with Gasteiger partial charge < -0.3 is 16.0 Å². The predicted molar refractivity (Wildman–Crippen MR) is 27.1 cm³/mol. The first-order valence-corrected chi connectivity index (χ1v) is 2.61. The van der Waals surface area contributed by atoms with Crippen molar-refractivity contribution in [3.63, 3.8) is 0 Å². The summed E-state index contributed by atoms with van der Waals surface area (Å²) in [6.45, 7) is 0.475. The summed E-state index contributed by atoms with van der Waals surface area (Å²) < 4.78 is 0. The fourth-order valence-electron chi connectivity index (χ4n) is 0.784. The minimum absolute atomic E-state index is 0. The smallest absolute Gasteiger partial charge is 0.144 e. The van der Waals surface area contributed by atoms with E-state index >= 15 is 0 Å². The number of aliphatic hydroxyl groups is 1. The molecule has 0 aromatic carbocycles. The Bertz CT molecular complexity index is 82.6. The third kappa shape index (κ3) is 1.99. The second-order valence-corrected chi connectivity index (χ2v) is 2.03. The van der Waals surface area contributed by atoms with Gasteiger partial charge in [-0.1, -0.05) is 0 Å². The van der Waals surface area contributed by atoms with Crippen molar-refractivity contribution >= 4 is 0 Å². The molecule has 0 aliphatic carbocycles. The summed E-state index contributed by atoms with van der Waals surface area (Å²) in [5.74, 6) is 0. The van der Waals surface area contributed by atoms with E-state index in [-0.39, 0.29) is 27.1 Å². The van der Waals surface area contributed by atoms with E-state index in [1.165, 1.54) is 0 Å². The molecule has 1 rings (SSSR count). The first-order chi connectivity index (χ1) is 3.72. The van der Waals surface area contributed by atoms with E-state index in [1.54, 1.807) is 0 Å². The van der Waals surface area contributed by atoms with Crippen LogP contribution in [-0.2, 0) is 21.1 Å². The van der Waals surface area contributed by atoms with E-state index in [4.69, 9.17) is 16.0 Å². The molecule has 0 amide bonds. The van der Waals surface area contributed by atoms with Crippen LogP contribution in [0, 0.1) is 0 Å². The van der Waals surface area contributed by atoms with E-state index in [0.717, 1.165) is 5.06 Å².